The first kappa shape index (κ1) is 12.2. The van der Waals surface area contributed by atoms with Crippen molar-refractivity contribution < 1.29 is 0 Å². The fraction of sp³-hybridized carbons (Fsp3) is 0.538. The highest BCUT2D eigenvalue weighted by molar-refractivity contribution is 6.35. The quantitative estimate of drug-likeness (QED) is 0.761. The van der Waals surface area contributed by atoms with Gasteiger partial charge >= 0.3 is 0 Å². The average molecular weight is 258 g/mol. The summed E-state index contributed by atoms with van der Waals surface area (Å²) in [4.78, 5) is 2.46. The summed E-state index contributed by atoms with van der Waals surface area (Å²) in [6, 6.07) is 5.73. The highest BCUT2D eigenvalue weighted by atomic mass is 35.5. The van der Waals surface area contributed by atoms with E-state index in [0.29, 0.717) is 0 Å². The van der Waals surface area contributed by atoms with Gasteiger partial charge in [0.1, 0.15) is 0 Å². The van der Waals surface area contributed by atoms with E-state index < -0.39 is 0 Å². The molecule has 1 aliphatic heterocycles. The molecule has 0 aromatic heterocycles. The Hall–Kier alpha value is -0.240. The number of nitrogens with zero attached hydrogens (tertiary/aromatic N) is 1. The van der Waals surface area contributed by atoms with Crippen LogP contribution in [0, 0.1) is 0 Å². The molecule has 0 radical (unpaired) electrons. The smallest absolute Gasteiger partial charge is 0.0465 e. The van der Waals surface area contributed by atoms with Crippen molar-refractivity contribution >= 4 is 23.2 Å². The van der Waals surface area contributed by atoms with Crippen LogP contribution in [0.5, 0.6) is 0 Å². The highest BCUT2D eigenvalue weighted by Crippen LogP contribution is 2.26. The van der Waals surface area contributed by atoms with Gasteiger partial charge in [0.25, 0.3) is 0 Å². The third-order valence-electron chi connectivity index (χ3n) is 3.14. The highest BCUT2D eigenvalue weighted by Gasteiger charge is 2.13. The second kappa shape index (κ2) is 5.90. The molecule has 0 saturated carbocycles. The van der Waals surface area contributed by atoms with Gasteiger partial charge in [0.2, 0.25) is 0 Å². The second-order valence-corrected chi connectivity index (χ2v) is 5.20. The minimum atomic E-state index is 0.789. The zero-order chi connectivity index (χ0) is 11.4. The van der Waals surface area contributed by atoms with Gasteiger partial charge < -0.3 is 0 Å². The summed E-state index contributed by atoms with van der Waals surface area (Å²) in [6.07, 6.45) is 5.30. The largest absolute Gasteiger partial charge is 0.299 e. The molecule has 1 heterocycles. The molecule has 0 bridgehead atoms. The SMILES string of the molecule is Clc1cccc(Cl)c1CN1CCCCCC1. The molecule has 88 valence electrons. The number of likely N-dealkylation sites (tertiary alicyclic amines) is 1. The predicted molar refractivity (Wildman–Crippen MR) is 70.2 cm³/mol. The maximum Gasteiger partial charge on any atom is 0.0465 e. The molecule has 0 aliphatic carbocycles. The molecule has 1 nitrogen and oxygen atoms in total. The number of halogens is 2. The normalized spacial score (nSPS) is 18.4. The summed E-state index contributed by atoms with van der Waals surface area (Å²) >= 11 is 12.4. The minimum absolute atomic E-state index is 0.789. The van der Waals surface area contributed by atoms with Crippen molar-refractivity contribution in [3.05, 3.63) is 33.8 Å². The number of hydrogen-bond donors (Lipinski definition) is 0. The van der Waals surface area contributed by atoms with E-state index in [1.807, 2.05) is 18.2 Å². The van der Waals surface area contributed by atoms with Crippen molar-refractivity contribution in [1.82, 2.24) is 4.90 Å². The van der Waals surface area contributed by atoms with E-state index in [1.165, 1.54) is 38.8 Å². The first-order chi connectivity index (χ1) is 7.77. The molecular formula is C13H17Cl2N. The molecule has 2 rings (SSSR count). The van der Waals surface area contributed by atoms with Gasteiger partial charge in [-0.05, 0) is 38.1 Å². The van der Waals surface area contributed by atoms with Crippen LogP contribution in [0.15, 0.2) is 18.2 Å². The van der Waals surface area contributed by atoms with Crippen molar-refractivity contribution in [2.75, 3.05) is 13.1 Å². The lowest BCUT2D eigenvalue weighted by Gasteiger charge is -2.21. The molecule has 0 amide bonds. The van der Waals surface area contributed by atoms with Gasteiger partial charge in [0.05, 0.1) is 0 Å². The van der Waals surface area contributed by atoms with Crippen LogP contribution in [0.1, 0.15) is 31.2 Å². The fourth-order valence-corrected chi connectivity index (χ4v) is 2.72. The fourth-order valence-electron chi connectivity index (χ4n) is 2.20. The molecule has 16 heavy (non-hydrogen) atoms. The van der Waals surface area contributed by atoms with Crippen molar-refractivity contribution in [1.29, 1.82) is 0 Å². The lowest BCUT2D eigenvalue weighted by Crippen LogP contribution is -2.24. The van der Waals surface area contributed by atoms with Crippen LogP contribution < -0.4 is 0 Å². The Balaban J connectivity index is 2.07. The maximum absolute atomic E-state index is 6.18. The summed E-state index contributed by atoms with van der Waals surface area (Å²) in [6.45, 7) is 3.22. The van der Waals surface area contributed by atoms with Crippen molar-refractivity contribution in [3.8, 4) is 0 Å². The Morgan fingerprint density at radius 3 is 2.06 bits per heavy atom. The zero-order valence-corrected chi connectivity index (χ0v) is 10.9. The lowest BCUT2D eigenvalue weighted by molar-refractivity contribution is 0.277. The summed E-state index contributed by atoms with van der Waals surface area (Å²) in [7, 11) is 0. The van der Waals surface area contributed by atoms with Gasteiger partial charge in [0, 0.05) is 22.2 Å². The van der Waals surface area contributed by atoms with E-state index in [0.717, 1.165) is 22.2 Å². The van der Waals surface area contributed by atoms with Crippen LogP contribution >= 0.6 is 23.2 Å². The molecule has 0 spiro atoms. The predicted octanol–water partition coefficient (Wildman–Crippen LogP) is 4.37. The van der Waals surface area contributed by atoms with Gasteiger partial charge in [-0.15, -0.1) is 0 Å². The first-order valence-corrected chi connectivity index (χ1v) is 6.68. The van der Waals surface area contributed by atoms with Crippen LogP contribution in [-0.2, 0) is 6.54 Å². The Morgan fingerprint density at radius 2 is 1.50 bits per heavy atom. The summed E-state index contributed by atoms with van der Waals surface area (Å²) in [5.41, 5.74) is 1.08. The van der Waals surface area contributed by atoms with E-state index in [9.17, 15) is 0 Å². The molecular weight excluding hydrogens is 241 g/mol. The number of benzene rings is 1. The summed E-state index contributed by atoms with van der Waals surface area (Å²) in [5.74, 6) is 0. The molecule has 1 aromatic rings. The minimum Gasteiger partial charge on any atom is -0.299 e. The molecule has 1 aromatic carbocycles. The summed E-state index contributed by atoms with van der Waals surface area (Å²) < 4.78 is 0. The van der Waals surface area contributed by atoms with Gasteiger partial charge in [-0.1, -0.05) is 42.1 Å². The Morgan fingerprint density at radius 1 is 0.938 bits per heavy atom. The third kappa shape index (κ3) is 3.13. The molecule has 0 unspecified atom stereocenters. The van der Waals surface area contributed by atoms with E-state index in [-0.39, 0.29) is 0 Å². The summed E-state index contributed by atoms with van der Waals surface area (Å²) in [5, 5.41) is 1.58. The van der Waals surface area contributed by atoms with E-state index in [2.05, 4.69) is 4.90 Å². The Bertz CT molecular complexity index is 324. The molecule has 3 heteroatoms. The number of rotatable bonds is 2. The third-order valence-corrected chi connectivity index (χ3v) is 3.85. The van der Waals surface area contributed by atoms with Gasteiger partial charge in [0.15, 0.2) is 0 Å². The van der Waals surface area contributed by atoms with Crippen LogP contribution in [-0.4, -0.2) is 18.0 Å². The van der Waals surface area contributed by atoms with Crippen molar-refractivity contribution in [2.24, 2.45) is 0 Å². The van der Waals surface area contributed by atoms with Crippen LogP contribution in [0.25, 0.3) is 0 Å². The Labute approximate surface area is 107 Å². The number of hydrogen-bond acceptors (Lipinski definition) is 1. The first-order valence-electron chi connectivity index (χ1n) is 5.92. The van der Waals surface area contributed by atoms with E-state index >= 15 is 0 Å². The monoisotopic (exact) mass is 257 g/mol. The van der Waals surface area contributed by atoms with Crippen molar-refractivity contribution in [3.63, 3.8) is 0 Å². The average Bonchev–Trinajstić information content (AvgIpc) is 2.52. The molecule has 1 aliphatic rings. The van der Waals surface area contributed by atoms with E-state index in [4.69, 9.17) is 23.2 Å². The van der Waals surface area contributed by atoms with Crippen LogP contribution in [0.2, 0.25) is 10.0 Å². The molecule has 0 N–H and O–H groups in total. The van der Waals surface area contributed by atoms with E-state index in [1.54, 1.807) is 0 Å². The topological polar surface area (TPSA) is 3.24 Å². The van der Waals surface area contributed by atoms with Gasteiger partial charge in [-0.2, -0.15) is 0 Å². The molecule has 0 atom stereocenters. The van der Waals surface area contributed by atoms with Crippen molar-refractivity contribution in [2.45, 2.75) is 32.2 Å². The standard InChI is InChI=1S/C13H17Cl2N/c14-12-6-5-7-13(15)11(12)10-16-8-3-1-2-4-9-16/h5-7H,1-4,8-10H2. The molecule has 1 saturated heterocycles. The van der Waals surface area contributed by atoms with Gasteiger partial charge in [-0.25, -0.2) is 0 Å². The maximum atomic E-state index is 6.18. The zero-order valence-electron chi connectivity index (χ0n) is 9.38. The second-order valence-electron chi connectivity index (χ2n) is 4.39. The van der Waals surface area contributed by atoms with Gasteiger partial charge in [-0.3, -0.25) is 4.90 Å². The van der Waals surface area contributed by atoms with Crippen LogP contribution in [0.4, 0.5) is 0 Å². The Kier molecular flexibility index (Phi) is 4.51. The molecule has 1 fully saturated rings. The van der Waals surface area contributed by atoms with Crippen LogP contribution in [0.3, 0.4) is 0 Å². The lowest BCUT2D eigenvalue weighted by atomic mass is 10.2.